The molecule has 2 atom stereocenters. The van der Waals surface area contributed by atoms with E-state index < -0.39 is 0 Å². The fourth-order valence-electron chi connectivity index (χ4n) is 0.702. The molecule has 0 aromatic rings. The molecule has 0 heterocycles. The maximum absolute atomic E-state index is 9.07. The minimum absolute atomic E-state index is 0.0104. The summed E-state index contributed by atoms with van der Waals surface area (Å²) in [7, 11) is 0. The Balaban J connectivity index is 3.17. The Kier molecular flexibility index (Phi) is 5.58. The topological polar surface area (TPSA) is 66.5 Å². The van der Waals surface area contributed by atoms with E-state index in [0.29, 0.717) is 12.8 Å². The molecule has 4 N–H and O–H groups in total. The molecule has 0 radical (unpaired) electrons. The van der Waals surface area contributed by atoms with Crippen LogP contribution in [0.25, 0.3) is 0 Å². The van der Waals surface area contributed by atoms with Crippen molar-refractivity contribution in [2.24, 2.45) is 5.73 Å². The van der Waals surface area contributed by atoms with Crippen molar-refractivity contribution in [2.75, 3.05) is 6.61 Å². The first kappa shape index (κ1) is 9.88. The highest BCUT2D eigenvalue weighted by molar-refractivity contribution is 4.62. The fourth-order valence-corrected chi connectivity index (χ4v) is 0.702. The summed E-state index contributed by atoms with van der Waals surface area (Å²) in [5.74, 6) is 0. The van der Waals surface area contributed by atoms with E-state index >= 15 is 0 Å². The summed E-state index contributed by atoms with van der Waals surface area (Å²) in [6.07, 6.45) is 1.90. The van der Waals surface area contributed by atoms with Crippen molar-refractivity contribution in [3.63, 3.8) is 0 Å². The lowest BCUT2D eigenvalue weighted by atomic mass is 10.1. The first-order valence-corrected chi connectivity index (χ1v) is 3.75. The van der Waals surface area contributed by atoms with Gasteiger partial charge in [-0.3, -0.25) is 0 Å². The highest BCUT2D eigenvalue weighted by Crippen LogP contribution is 2.02. The number of aliphatic hydroxyl groups excluding tert-OH is 2. The van der Waals surface area contributed by atoms with E-state index in [2.05, 4.69) is 0 Å². The Labute approximate surface area is 61.9 Å². The van der Waals surface area contributed by atoms with Gasteiger partial charge in [-0.1, -0.05) is 6.92 Å². The van der Waals surface area contributed by atoms with Crippen LogP contribution < -0.4 is 5.73 Å². The van der Waals surface area contributed by atoms with Crippen LogP contribution in [0.4, 0.5) is 0 Å². The Bertz CT molecular complexity index is 68.0. The minimum atomic E-state index is -0.252. The number of rotatable bonds is 5. The van der Waals surface area contributed by atoms with Gasteiger partial charge in [0, 0.05) is 6.04 Å². The Morgan fingerprint density at radius 2 is 2.00 bits per heavy atom. The maximum atomic E-state index is 9.07. The van der Waals surface area contributed by atoms with E-state index in [1.807, 2.05) is 6.92 Å². The molecule has 0 aliphatic rings. The summed E-state index contributed by atoms with van der Waals surface area (Å²) in [6.45, 7) is 1.94. The molecule has 0 aromatic carbocycles. The summed E-state index contributed by atoms with van der Waals surface area (Å²) in [4.78, 5) is 0. The first-order valence-electron chi connectivity index (χ1n) is 3.75. The average Bonchev–Trinajstić information content (AvgIpc) is 1.99. The summed E-state index contributed by atoms with van der Waals surface area (Å²) < 4.78 is 0. The van der Waals surface area contributed by atoms with Crippen LogP contribution in [0.2, 0.25) is 0 Å². The van der Waals surface area contributed by atoms with Gasteiger partial charge in [-0.15, -0.1) is 0 Å². The van der Waals surface area contributed by atoms with Gasteiger partial charge in [-0.2, -0.15) is 0 Å². The van der Waals surface area contributed by atoms with Gasteiger partial charge in [0.2, 0.25) is 0 Å². The summed E-state index contributed by atoms with van der Waals surface area (Å²) in [6, 6.07) is -0.166. The van der Waals surface area contributed by atoms with Crippen molar-refractivity contribution in [1.82, 2.24) is 0 Å². The molecule has 10 heavy (non-hydrogen) atoms. The normalized spacial score (nSPS) is 16.8. The smallest absolute Gasteiger partial charge is 0.0582 e. The molecular weight excluding hydrogens is 130 g/mol. The van der Waals surface area contributed by atoms with Crippen LogP contribution in [-0.4, -0.2) is 29.0 Å². The van der Waals surface area contributed by atoms with Crippen molar-refractivity contribution in [3.8, 4) is 0 Å². The van der Waals surface area contributed by atoms with E-state index in [4.69, 9.17) is 15.9 Å². The molecule has 0 saturated carbocycles. The standard InChI is InChI=1S/C7H17NO2/c1-2-7(10)4-3-6(8)5-9/h6-7,9-10H,2-5,8H2,1H3. The molecule has 0 aromatic heterocycles. The second-order valence-corrected chi connectivity index (χ2v) is 2.58. The number of nitrogens with two attached hydrogens (primary N) is 1. The molecule has 0 fully saturated rings. The van der Waals surface area contributed by atoms with Gasteiger partial charge < -0.3 is 15.9 Å². The van der Waals surface area contributed by atoms with Crippen molar-refractivity contribution in [1.29, 1.82) is 0 Å². The van der Waals surface area contributed by atoms with Crippen molar-refractivity contribution < 1.29 is 10.2 Å². The van der Waals surface area contributed by atoms with Crippen molar-refractivity contribution in [3.05, 3.63) is 0 Å². The SMILES string of the molecule is CCC(O)CCC(N)CO. The van der Waals surface area contributed by atoms with Crippen molar-refractivity contribution in [2.45, 2.75) is 38.3 Å². The molecule has 0 saturated heterocycles. The van der Waals surface area contributed by atoms with Gasteiger partial charge in [0.15, 0.2) is 0 Å². The molecule has 0 amide bonds. The summed E-state index contributed by atoms with van der Waals surface area (Å²) in [5.41, 5.74) is 5.41. The maximum Gasteiger partial charge on any atom is 0.0582 e. The highest BCUT2D eigenvalue weighted by Gasteiger charge is 2.04. The van der Waals surface area contributed by atoms with Gasteiger partial charge in [0.05, 0.1) is 12.7 Å². The van der Waals surface area contributed by atoms with Gasteiger partial charge >= 0.3 is 0 Å². The molecule has 0 bridgehead atoms. The van der Waals surface area contributed by atoms with E-state index in [-0.39, 0.29) is 18.8 Å². The molecule has 3 heteroatoms. The van der Waals surface area contributed by atoms with Crippen LogP contribution in [0.3, 0.4) is 0 Å². The lowest BCUT2D eigenvalue weighted by Gasteiger charge is -2.10. The van der Waals surface area contributed by atoms with Crippen LogP contribution in [0.1, 0.15) is 26.2 Å². The Morgan fingerprint density at radius 3 is 2.40 bits per heavy atom. The van der Waals surface area contributed by atoms with Crippen LogP contribution in [0, 0.1) is 0 Å². The highest BCUT2D eigenvalue weighted by atomic mass is 16.3. The third-order valence-corrected chi connectivity index (χ3v) is 1.58. The first-order chi connectivity index (χ1) is 4.70. The van der Waals surface area contributed by atoms with Gasteiger partial charge in [0.25, 0.3) is 0 Å². The number of aliphatic hydroxyl groups is 2. The summed E-state index contributed by atoms with van der Waals surface area (Å²) >= 11 is 0. The molecule has 3 nitrogen and oxygen atoms in total. The van der Waals surface area contributed by atoms with Gasteiger partial charge in [-0.05, 0) is 19.3 Å². The molecule has 0 rings (SSSR count). The zero-order valence-electron chi connectivity index (χ0n) is 6.45. The summed E-state index contributed by atoms with van der Waals surface area (Å²) in [5, 5.41) is 17.6. The van der Waals surface area contributed by atoms with Gasteiger partial charge in [0.1, 0.15) is 0 Å². The van der Waals surface area contributed by atoms with Crippen molar-refractivity contribution >= 4 is 0 Å². The lowest BCUT2D eigenvalue weighted by molar-refractivity contribution is 0.149. The molecular formula is C7H17NO2. The minimum Gasteiger partial charge on any atom is -0.395 e. The Morgan fingerprint density at radius 1 is 1.40 bits per heavy atom. The second kappa shape index (κ2) is 5.65. The fraction of sp³-hybridized carbons (Fsp3) is 1.00. The quantitative estimate of drug-likeness (QED) is 0.507. The molecule has 62 valence electrons. The third-order valence-electron chi connectivity index (χ3n) is 1.58. The molecule has 2 unspecified atom stereocenters. The lowest BCUT2D eigenvalue weighted by Crippen LogP contribution is -2.25. The molecule has 0 aliphatic heterocycles. The zero-order chi connectivity index (χ0) is 7.98. The van der Waals surface area contributed by atoms with Crippen LogP contribution in [0.5, 0.6) is 0 Å². The monoisotopic (exact) mass is 147 g/mol. The van der Waals surface area contributed by atoms with E-state index in [1.54, 1.807) is 0 Å². The van der Waals surface area contributed by atoms with Crippen LogP contribution >= 0.6 is 0 Å². The largest absolute Gasteiger partial charge is 0.395 e. The predicted molar refractivity (Wildman–Crippen MR) is 40.6 cm³/mol. The number of hydrogen-bond acceptors (Lipinski definition) is 3. The van der Waals surface area contributed by atoms with E-state index in [9.17, 15) is 0 Å². The van der Waals surface area contributed by atoms with Gasteiger partial charge in [-0.25, -0.2) is 0 Å². The zero-order valence-corrected chi connectivity index (χ0v) is 6.45. The Hall–Kier alpha value is -0.120. The third kappa shape index (κ3) is 4.73. The predicted octanol–water partition coefficient (Wildman–Crippen LogP) is -0.143. The van der Waals surface area contributed by atoms with E-state index in [1.165, 1.54) is 0 Å². The van der Waals surface area contributed by atoms with Crippen LogP contribution in [0.15, 0.2) is 0 Å². The average molecular weight is 147 g/mol. The molecule has 0 aliphatic carbocycles. The number of hydrogen-bond donors (Lipinski definition) is 3. The van der Waals surface area contributed by atoms with E-state index in [0.717, 1.165) is 6.42 Å². The second-order valence-electron chi connectivity index (χ2n) is 2.58. The molecule has 0 spiro atoms. The van der Waals surface area contributed by atoms with Crippen LogP contribution in [-0.2, 0) is 0 Å².